The van der Waals surface area contributed by atoms with E-state index >= 15 is 0 Å². The van der Waals surface area contributed by atoms with Crippen LogP contribution in [0.4, 0.5) is 0 Å². The van der Waals surface area contributed by atoms with Crippen molar-refractivity contribution in [3.05, 3.63) is 0 Å². The molecule has 0 N–H and O–H groups in total. The molecule has 0 aromatic rings. The molecule has 0 heterocycles. The Balaban J connectivity index is 1.66. The first-order valence-corrected chi connectivity index (χ1v) is 9.84. The molecule has 2 aliphatic carbocycles. The normalized spacial score (nSPS) is 35.0. The van der Waals surface area contributed by atoms with Crippen LogP contribution in [0.1, 0.15) is 71.6 Å². The van der Waals surface area contributed by atoms with Crippen LogP contribution in [-0.2, 0) is 0 Å². The lowest BCUT2D eigenvalue weighted by Gasteiger charge is -2.37. The highest BCUT2D eigenvalue weighted by atomic mass is 15.1. The average molecular weight is 309 g/mol. The Hall–Kier alpha value is -0.0800. The molecule has 0 bridgehead atoms. The molecule has 0 amide bonds. The Kier molecular flexibility index (Phi) is 7.21. The van der Waals surface area contributed by atoms with Crippen molar-refractivity contribution in [1.29, 1.82) is 0 Å². The molecule has 1 atom stereocenters. The summed E-state index contributed by atoms with van der Waals surface area (Å²) in [6, 6.07) is 1.71. The van der Waals surface area contributed by atoms with E-state index in [9.17, 15) is 0 Å². The van der Waals surface area contributed by atoms with Gasteiger partial charge in [0.25, 0.3) is 0 Å². The monoisotopic (exact) mass is 308 g/mol. The Morgan fingerprint density at radius 3 is 1.91 bits per heavy atom. The molecule has 130 valence electrons. The number of rotatable bonds is 6. The van der Waals surface area contributed by atoms with Crippen LogP contribution in [0.25, 0.3) is 0 Å². The van der Waals surface area contributed by atoms with Gasteiger partial charge in [0.2, 0.25) is 0 Å². The second-order valence-electron chi connectivity index (χ2n) is 8.69. The van der Waals surface area contributed by atoms with Gasteiger partial charge in [0.05, 0.1) is 0 Å². The first-order chi connectivity index (χ1) is 10.5. The number of hydrogen-bond donors (Lipinski definition) is 0. The minimum atomic E-state index is 0.843. The summed E-state index contributed by atoms with van der Waals surface area (Å²) in [5.41, 5.74) is 0. The summed E-state index contributed by atoms with van der Waals surface area (Å²) in [4.78, 5) is 5.10. The van der Waals surface area contributed by atoms with Crippen molar-refractivity contribution in [1.82, 2.24) is 9.80 Å². The van der Waals surface area contributed by atoms with Gasteiger partial charge in [-0.05, 0) is 103 Å². The quantitative estimate of drug-likeness (QED) is 0.705. The molecule has 2 aliphatic rings. The van der Waals surface area contributed by atoms with Crippen molar-refractivity contribution in [2.45, 2.75) is 83.7 Å². The molecule has 0 aromatic carbocycles. The first-order valence-electron chi connectivity index (χ1n) is 9.84. The van der Waals surface area contributed by atoms with E-state index in [-0.39, 0.29) is 0 Å². The maximum absolute atomic E-state index is 2.67. The first kappa shape index (κ1) is 18.3. The van der Waals surface area contributed by atoms with Crippen molar-refractivity contribution in [2.24, 2.45) is 17.8 Å². The minimum Gasteiger partial charge on any atom is -0.306 e. The molecule has 0 spiro atoms. The van der Waals surface area contributed by atoms with Gasteiger partial charge in [-0.3, -0.25) is 0 Å². The summed E-state index contributed by atoms with van der Waals surface area (Å²) in [7, 11) is 6.86. The Labute approximate surface area is 139 Å². The summed E-state index contributed by atoms with van der Waals surface area (Å²) >= 11 is 0. The van der Waals surface area contributed by atoms with Crippen LogP contribution in [0.2, 0.25) is 0 Å². The van der Waals surface area contributed by atoms with E-state index in [1.165, 1.54) is 64.3 Å². The zero-order valence-corrected chi connectivity index (χ0v) is 15.9. The van der Waals surface area contributed by atoms with Gasteiger partial charge >= 0.3 is 0 Å². The zero-order valence-electron chi connectivity index (χ0n) is 15.9. The molecule has 2 nitrogen and oxygen atoms in total. The van der Waals surface area contributed by atoms with Crippen molar-refractivity contribution < 1.29 is 0 Å². The summed E-state index contributed by atoms with van der Waals surface area (Å²) < 4.78 is 0. The van der Waals surface area contributed by atoms with Crippen LogP contribution in [-0.4, -0.2) is 49.6 Å². The van der Waals surface area contributed by atoms with Gasteiger partial charge in [-0.25, -0.2) is 0 Å². The van der Waals surface area contributed by atoms with Gasteiger partial charge in [-0.1, -0.05) is 13.8 Å². The van der Waals surface area contributed by atoms with E-state index in [2.05, 4.69) is 44.8 Å². The summed E-state index contributed by atoms with van der Waals surface area (Å²) in [6.45, 7) is 6.24. The summed E-state index contributed by atoms with van der Waals surface area (Å²) in [5, 5.41) is 0. The number of nitrogens with zero attached hydrogens (tertiary/aromatic N) is 2. The maximum atomic E-state index is 2.67. The summed E-state index contributed by atoms with van der Waals surface area (Å²) in [6.07, 6.45) is 12.9. The molecule has 2 heteroatoms. The lowest BCUT2D eigenvalue weighted by atomic mass is 9.77. The molecule has 1 unspecified atom stereocenters. The third-order valence-corrected chi connectivity index (χ3v) is 6.82. The van der Waals surface area contributed by atoms with Gasteiger partial charge in [-0.2, -0.15) is 0 Å². The third kappa shape index (κ3) is 5.23. The van der Waals surface area contributed by atoms with E-state index in [1.807, 2.05) is 0 Å². The van der Waals surface area contributed by atoms with Crippen LogP contribution >= 0.6 is 0 Å². The van der Waals surface area contributed by atoms with Gasteiger partial charge in [0, 0.05) is 12.1 Å². The second kappa shape index (κ2) is 8.68. The van der Waals surface area contributed by atoms with Crippen molar-refractivity contribution in [3.8, 4) is 0 Å². The summed E-state index contributed by atoms with van der Waals surface area (Å²) in [5.74, 6) is 2.86. The van der Waals surface area contributed by atoms with Crippen LogP contribution in [0.3, 0.4) is 0 Å². The molecule has 2 fully saturated rings. The Morgan fingerprint density at radius 2 is 1.36 bits per heavy atom. The second-order valence-corrected chi connectivity index (χ2v) is 8.69. The fourth-order valence-electron chi connectivity index (χ4n) is 4.70. The van der Waals surface area contributed by atoms with Crippen LogP contribution in [0.15, 0.2) is 0 Å². The predicted molar refractivity (Wildman–Crippen MR) is 97.3 cm³/mol. The highest BCUT2D eigenvalue weighted by Crippen LogP contribution is 2.33. The highest BCUT2D eigenvalue weighted by Gasteiger charge is 2.27. The van der Waals surface area contributed by atoms with Crippen LogP contribution in [0, 0.1) is 17.8 Å². The van der Waals surface area contributed by atoms with E-state index < -0.39 is 0 Å². The topological polar surface area (TPSA) is 6.48 Å². The largest absolute Gasteiger partial charge is 0.306 e. The molecule has 22 heavy (non-hydrogen) atoms. The van der Waals surface area contributed by atoms with Gasteiger partial charge < -0.3 is 9.80 Å². The Bertz CT molecular complexity index is 299. The molecular formula is C20H40N2. The van der Waals surface area contributed by atoms with Crippen molar-refractivity contribution in [2.75, 3.05) is 27.7 Å². The molecule has 0 saturated heterocycles. The van der Waals surface area contributed by atoms with Gasteiger partial charge in [-0.15, -0.1) is 0 Å². The molecule has 2 saturated carbocycles. The fraction of sp³-hybridized carbons (Fsp3) is 1.00. The fourth-order valence-corrected chi connectivity index (χ4v) is 4.70. The third-order valence-electron chi connectivity index (χ3n) is 6.82. The van der Waals surface area contributed by atoms with E-state index in [1.54, 1.807) is 0 Å². The minimum absolute atomic E-state index is 0.843. The highest BCUT2D eigenvalue weighted by molar-refractivity contribution is 4.81. The van der Waals surface area contributed by atoms with Crippen molar-refractivity contribution >= 4 is 0 Å². The molecule has 0 radical (unpaired) electrons. The molecule has 0 aliphatic heterocycles. The zero-order chi connectivity index (χ0) is 16.1. The van der Waals surface area contributed by atoms with E-state index in [0.717, 1.165) is 29.8 Å². The standard InChI is InChI=1S/C20H40N2/c1-16-6-10-20(11-7-16)22(5)15-14-17(2)18-8-12-19(13-9-18)21(3)4/h16-20H,6-15H2,1-5H3/t16-,17?,18-,19-,20+. The Morgan fingerprint density at radius 1 is 0.818 bits per heavy atom. The average Bonchev–Trinajstić information content (AvgIpc) is 2.53. The number of hydrogen-bond acceptors (Lipinski definition) is 2. The van der Waals surface area contributed by atoms with Crippen LogP contribution in [0.5, 0.6) is 0 Å². The lowest BCUT2D eigenvalue weighted by molar-refractivity contribution is 0.133. The lowest BCUT2D eigenvalue weighted by Crippen LogP contribution is -2.37. The molecule has 2 rings (SSSR count). The maximum Gasteiger partial charge on any atom is 0.00924 e. The van der Waals surface area contributed by atoms with E-state index in [0.29, 0.717) is 0 Å². The van der Waals surface area contributed by atoms with Gasteiger partial charge in [0.15, 0.2) is 0 Å². The van der Waals surface area contributed by atoms with E-state index in [4.69, 9.17) is 0 Å². The van der Waals surface area contributed by atoms with Crippen LogP contribution < -0.4 is 0 Å². The van der Waals surface area contributed by atoms with Gasteiger partial charge in [0.1, 0.15) is 0 Å². The van der Waals surface area contributed by atoms with Crippen molar-refractivity contribution in [3.63, 3.8) is 0 Å². The molecular weight excluding hydrogens is 268 g/mol. The molecule has 0 aromatic heterocycles. The SMILES string of the molecule is CC(CCN(C)[C@H]1CC[C@@H](C)CC1)[C@H]1CC[C@H](N(C)C)CC1. The predicted octanol–water partition coefficient (Wildman–Crippen LogP) is 4.64. The smallest absolute Gasteiger partial charge is 0.00924 e.